The Morgan fingerprint density at radius 1 is 1.48 bits per heavy atom. The number of non-ortho nitro benzene ring substituents is 1. The van der Waals surface area contributed by atoms with Crippen LogP contribution in [0.4, 0.5) is 11.4 Å². The number of thioether (sulfide) groups is 1. The van der Waals surface area contributed by atoms with Gasteiger partial charge in [0.2, 0.25) is 5.91 Å². The second-order valence-corrected chi connectivity index (χ2v) is 5.58. The molecule has 7 nitrogen and oxygen atoms in total. The number of nitrogens with one attached hydrogen (secondary N) is 1. The van der Waals surface area contributed by atoms with Gasteiger partial charge in [0.25, 0.3) is 5.69 Å². The topological polar surface area (TPSA) is 113 Å². The molecule has 0 unspecified atom stereocenters. The molecule has 0 heterocycles. The highest BCUT2D eigenvalue weighted by molar-refractivity contribution is 7.99. The van der Waals surface area contributed by atoms with E-state index in [1.165, 1.54) is 12.1 Å². The van der Waals surface area contributed by atoms with Crippen molar-refractivity contribution in [1.82, 2.24) is 0 Å². The van der Waals surface area contributed by atoms with Crippen LogP contribution in [-0.4, -0.2) is 45.4 Å². The summed E-state index contributed by atoms with van der Waals surface area (Å²) in [4.78, 5) is 22.3. The molecule has 0 aliphatic rings. The molecule has 116 valence electrons. The van der Waals surface area contributed by atoms with Crippen LogP contribution in [0.2, 0.25) is 0 Å². The number of nitro benzene ring substituents is 1. The Balaban J connectivity index is 2.89. The van der Waals surface area contributed by atoms with E-state index in [4.69, 9.17) is 16.7 Å². The van der Waals surface area contributed by atoms with Gasteiger partial charge in [0, 0.05) is 40.8 Å². The fraction of sp³-hybridized carbons (Fsp3) is 0.417. The predicted octanol–water partition coefficient (Wildman–Crippen LogP) is 1.61. The van der Waals surface area contributed by atoms with Gasteiger partial charge < -0.3 is 15.5 Å². The summed E-state index contributed by atoms with van der Waals surface area (Å²) in [5.41, 5.74) is 0.125. The lowest BCUT2D eigenvalue weighted by atomic mass is 10.2. The van der Waals surface area contributed by atoms with E-state index in [2.05, 4.69) is 5.32 Å². The Morgan fingerprint density at radius 2 is 2.19 bits per heavy atom. The van der Waals surface area contributed by atoms with Crippen molar-refractivity contribution in [2.45, 2.75) is 17.4 Å². The first-order valence-corrected chi connectivity index (χ1v) is 7.55. The molecule has 0 aromatic heterocycles. The zero-order valence-electron chi connectivity index (χ0n) is 11.0. The van der Waals surface area contributed by atoms with Crippen molar-refractivity contribution in [1.29, 1.82) is 0 Å². The largest absolute Gasteiger partial charge is 0.394 e. The number of carbonyl (C=O) groups excluding carboxylic acids is 1. The number of hydrogen-bond acceptors (Lipinski definition) is 6. The Labute approximate surface area is 130 Å². The summed E-state index contributed by atoms with van der Waals surface area (Å²) < 4.78 is 0. The molecular weight excluding hydrogens is 320 g/mol. The van der Waals surface area contributed by atoms with E-state index in [1.54, 1.807) is 6.07 Å². The number of anilines is 1. The van der Waals surface area contributed by atoms with Gasteiger partial charge in [-0.2, -0.15) is 0 Å². The maximum Gasteiger partial charge on any atom is 0.272 e. The lowest BCUT2D eigenvalue weighted by Crippen LogP contribution is -2.14. The molecule has 0 aliphatic carbocycles. The first-order chi connectivity index (χ1) is 9.96. The van der Waals surface area contributed by atoms with Gasteiger partial charge in [-0.1, -0.05) is 0 Å². The van der Waals surface area contributed by atoms with Gasteiger partial charge in [0.1, 0.15) is 0 Å². The number of rotatable bonds is 8. The number of nitro groups is 1. The number of benzene rings is 1. The van der Waals surface area contributed by atoms with Crippen LogP contribution >= 0.6 is 23.4 Å². The summed E-state index contributed by atoms with van der Waals surface area (Å²) in [6, 6.07) is 4.15. The summed E-state index contributed by atoms with van der Waals surface area (Å²) in [5.74, 6) is 0.00878. The summed E-state index contributed by atoms with van der Waals surface area (Å²) in [6.45, 7) is -0.388. The van der Waals surface area contributed by atoms with Gasteiger partial charge in [-0.15, -0.1) is 23.4 Å². The molecule has 1 amide bonds. The standard InChI is InChI=1S/C12H15ClN2O5S/c13-2-1-12(18)14-8-3-9(15(19)20)5-11(4-8)21-7-10(17)6-16/h3-5,10,16-17H,1-2,6-7H2,(H,14,18)/t10-/m1/s1. The number of carbonyl (C=O) groups is 1. The smallest absolute Gasteiger partial charge is 0.272 e. The van der Waals surface area contributed by atoms with Crippen molar-refractivity contribution in [3.63, 3.8) is 0 Å². The van der Waals surface area contributed by atoms with E-state index in [0.29, 0.717) is 10.6 Å². The molecule has 0 aliphatic heterocycles. The first kappa shape index (κ1) is 17.7. The quantitative estimate of drug-likeness (QED) is 0.288. The normalized spacial score (nSPS) is 12.0. The van der Waals surface area contributed by atoms with E-state index in [1.807, 2.05) is 0 Å². The third kappa shape index (κ3) is 6.30. The molecule has 0 radical (unpaired) electrons. The second-order valence-electron chi connectivity index (χ2n) is 4.11. The number of aliphatic hydroxyl groups excluding tert-OH is 2. The molecule has 3 N–H and O–H groups in total. The third-order valence-corrected chi connectivity index (χ3v) is 3.67. The van der Waals surface area contributed by atoms with E-state index in [9.17, 15) is 20.0 Å². The van der Waals surface area contributed by atoms with Gasteiger partial charge in [0.15, 0.2) is 0 Å². The van der Waals surface area contributed by atoms with Crippen molar-refractivity contribution in [2.75, 3.05) is 23.6 Å². The van der Waals surface area contributed by atoms with Gasteiger partial charge in [-0.25, -0.2) is 0 Å². The monoisotopic (exact) mass is 334 g/mol. The van der Waals surface area contributed by atoms with Crippen LogP contribution in [-0.2, 0) is 4.79 Å². The maximum absolute atomic E-state index is 11.5. The molecule has 9 heteroatoms. The SMILES string of the molecule is O=C(CCCl)Nc1cc(SC[C@H](O)CO)cc([N+](=O)[O-])c1. The minimum atomic E-state index is -0.913. The Kier molecular flexibility index (Phi) is 7.44. The molecule has 1 rings (SSSR count). The zero-order valence-corrected chi connectivity index (χ0v) is 12.6. The molecule has 1 aromatic carbocycles. The summed E-state index contributed by atoms with van der Waals surface area (Å²) in [6.07, 6.45) is -0.806. The van der Waals surface area contributed by atoms with Gasteiger partial charge in [-0.05, 0) is 6.07 Å². The highest BCUT2D eigenvalue weighted by Gasteiger charge is 2.13. The highest BCUT2D eigenvalue weighted by atomic mass is 35.5. The summed E-state index contributed by atoms with van der Waals surface area (Å²) in [5, 5.41) is 31.5. The molecule has 21 heavy (non-hydrogen) atoms. The van der Waals surface area contributed by atoms with Gasteiger partial charge in [0.05, 0.1) is 17.6 Å². The zero-order chi connectivity index (χ0) is 15.8. The Morgan fingerprint density at radius 3 is 2.76 bits per heavy atom. The first-order valence-electron chi connectivity index (χ1n) is 6.03. The number of hydrogen-bond donors (Lipinski definition) is 3. The van der Waals surface area contributed by atoms with E-state index in [-0.39, 0.29) is 36.3 Å². The number of aliphatic hydroxyl groups is 2. The fourth-order valence-electron chi connectivity index (χ4n) is 1.40. The van der Waals surface area contributed by atoms with E-state index in [0.717, 1.165) is 11.8 Å². The van der Waals surface area contributed by atoms with Crippen LogP contribution in [0.25, 0.3) is 0 Å². The lowest BCUT2D eigenvalue weighted by molar-refractivity contribution is -0.385. The van der Waals surface area contributed by atoms with Crippen LogP contribution in [0.3, 0.4) is 0 Å². The van der Waals surface area contributed by atoms with Gasteiger partial charge >= 0.3 is 0 Å². The summed E-state index contributed by atoms with van der Waals surface area (Å²) in [7, 11) is 0. The van der Waals surface area contributed by atoms with Crippen molar-refractivity contribution >= 4 is 40.6 Å². The van der Waals surface area contributed by atoms with Crippen LogP contribution < -0.4 is 5.32 Å². The number of halogens is 1. The lowest BCUT2D eigenvalue weighted by Gasteiger charge is -2.09. The molecule has 1 atom stereocenters. The second kappa shape index (κ2) is 8.83. The molecule has 1 aromatic rings. The molecule has 0 fully saturated rings. The van der Waals surface area contributed by atoms with Crippen molar-refractivity contribution in [3.05, 3.63) is 28.3 Å². The predicted molar refractivity (Wildman–Crippen MR) is 80.9 cm³/mol. The number of alkyl halides is 1. The average molecular weight is 335 g/mol. The Bertz CT molecular complexity index is 514. The van der Waals surface area contributed by atoms with Crippen LogP contribution in [0.5, 0.6) is 0 Å². The minimum Gasteiger partial charge on any atom is -0.394 e. The number of nitrogens with zero attached hydrogens (tertiary/aromatic N) is 1. The molecule has 0 saturated heterocycles. The van der Waals surface area contributed by atoms with Crippen molar-refractivity contribution in [3.8, 4) is 0 Å². The molecule has 0 saturated carbocycles. The minimum absolute atomic E-state index is 0.107. The van der Waals surface area contributed by atoms with Crippen LogP contribution in [0.1, 0.15) is 6.42 Å². The fourth-order valence-corrected chi connectivity index (χ4v) is 2.47. The number of amides is 1. The van der Waals surface area contributed by atoms with Crippen molar-refractivity contribution < 1.29 is 19.9 Å². The molecular formula is C12H15ClN2O5S. The van der Waals surface area contributed by atoms with E-state index >= 15 is 0 Å². The van der Waals surface area contributed by atoms with Crippen LogP contribution in [0, 0.1) is 10.1 Å². The Hall–Kier alpha value is -1.35. The van der Waals surface area contributed by atoms with Crippen molar-refractivity contribution in [2.24, 2.45) is 0 Å². The molecule has 0 spiro atoms. The molecule has 0 bridgehead atoms. The van der Waals surface area contributed by atoms with Crippen LogP contribution in [0.15, 0.2) is 23.1 Å². The maximum atomic E-state index is 11.5. The average Bonchev–Trinajstić information content (AvgIpc) is 2.44. The highest BCUT2D eigenvalue weighted by Crippen LogP contribution is 2.28. The third-order valence-electron chi connectivity index (χ3n) is 2.36. The van der Waals surface area contributed by atoms with Gasteiger partial charge in [-0.3, -0.25) is 14.9 Å². The van der Waals surface area contributed by atoms with E-state index < -0.39 is 11.0 Å². The summed E-state index contributed by atoms with van der Waals surface area (Å²) >= 11 is 6.60.